The lowest BCUT2D eigenvalue weighted by molar-refractivity contribution is 0.322. The van der Waals surface area contributed by atoms with Gasteiger partial charge in [0.2, 0.25) is 0 Å². The van der Waals surface area contributed by atoms with Crippen LogP contribution in [0.1, 0.15) is 117 Å². The SMILES string of the molecule is CCCCCCCCCCC1(N)CCCC(CCC)CC1. The van der Waals surface area contributed by atoms with Crippen LogP contribution in [0, 0.1) is 5.92 Å². The molecule has 0 bridgehead atoms. The van der Waals surface area contributed by atoms with Crippen LogP contribution in [0.15, 0.2) is 0 Å². The average molecular weight is 296 g/mol. The highest BCUT2D eigenvalue weighted by Crippen LogP contribution is 2.34. The van der Waals surface area contributed by atoms with E-state index in [1.54, 1.807) is 0 Å². The summed E-state index contributed by atoms with van der Waals surface area (Å²) in [6.07, 6.45) is 22.1. The summed E-state index contributed by atoms with van der Waals surface area (Å²) in [5.41, 5.74) is 6.88. The van der Waals surface area contributed by atoms with Crippen LogP contribution in [0.3, 0.4) is 0 Å². The molecular weight excluding hydrogens is 254 g/mol. The van der Waals surface area contributed by atoms with Gasteiger partial charge in [-0.05, 0) is 31.6 Å². The van der Waals surface area contributed by atoms with E-state index < -0.39 is 0 Å². The molecule has 0 heterocycles. The Morgan fingerprint density at radius 3 is 2.14 bits per heavy atom. The van der Waals surface area contributed by atoms with Crippen molar-refractivity contribution < 1.29 is 0 Å². The Labute approximate surface area is 134 Å². The van der Waals surface area contributed by atoms with Crippen LogP contribution in [0.2, 0.25) is 0 Å². The maximum absolute atomic E-state index is 6.70. The second-order valence-corrected chi connectivity index (χ2v) is 7.67. The zero-order chi connectivity index (χ0) is 15.4. The molecule has 1 rings (SSSR count). The molecule has 0 aliphatic heterocycles. The lowest BCUT2D eigenvalue weighted by atomic mass is 9.85. The van der Waals surface area contributed by atoms with E-state index in [9.17, 15) is 0 Å². The maximum atomic E-state index is 6.70. The molecule has 2 N–H and O–H groups in total. The lowest BCUT2D eigenvalue weighted by Crippen LogP contribution is -2.39. The van der Waals surface area contributed by atoms with E-state index in [0.717, 1.165) is 5.92 Å². The quantitative estimate of drug-likeness (QED) is 0.337. The molecule has 2 unspecified atom stereocenters. The number of rotatable bonds is 11. The molecule has 21 heavy (non-hydrogen) atoms. The van der Waals surface area contributed by atoms with E-state index in [4.69, 9.17) is 5.73 Å². The van der Waals surface area contributed by atoms with Gasteiger partial charge < -0.3 is 5.73 Å². The molecule has 0 aromatic carbocycles. The second kappa shape index (κ2) is 11.5. The highest BCUT2D eigenvalue weighted by molar-refractivity contribution is 4.87. The van der Waals surface area contributed by atoms with E-state index in [-0.39, 0.29) is 5.54 Å². The molecule has 1 fully saturated rings. The maximum Gasteiger partial charge on any atom is 0.0154 e. The minimum atomic E-state index is 0.185. The normalized spacial score (nSPS) is 26.7. The van der Waals surface area contributed by atoms with E-state index in [2.05, 4.69) is 13.8 Å². The zero-order valence-corrected chi connectivity index (χ0v) is 15.0. The molecule has 1 heteroatoms. The third-order valence-corrected chi connectivity index (χ3v) is 5.56. The highest BCUT2D eigenvalue weighted by atomic mass is 14.7. The molecule has 2 atom stereocenters. The van der Waals surface area contributed by atoms with Gasteiger partial charge in [-0.3, -0.25) is 0 Å². The Morgan fingerprint density at radius 1 is 0.810 bits per heavy atom. The van der Waals surface area contributed by atoms with Gasteiger partial charge >= 0.3 is 0 Å². The van der Waals surface area contributed by atoms with E-state index in [0.29, 0.717) is 0 Å². The van der Waals surface area contributed by atoms with Crippen molar-refractivity contribution in [2.24, 2.45) is 11.7 Å². The van der Waals surface area contributed by atoms with Crippen molar-refractivity contribution in [3.8, 4) is 0 Å². The molecular formula is C20H41N. The molecule has 0 aromatic heterocycles. The number of unbranched alkanes of at least 4 members (excludes halogenated alkanes) is 7. The van der Waals surface area contributed by atoms with Gasteiger partial charge in [-0.15, -0.1) is 0 Å². The Morgan fingerprint density at radius 2 is 1.48 bits per heavy atom. The van der Waals surface area contributed by atoms with Crippen molar-refractivity contribution in [2.45, 2.75) is 122 Å². The van der Waals surface area contributed by atoms with Crippen LogP contribution >= 0.6 is 0 Å². The lowest BCUT2D eigenvalue weighted by Gasteiger charge is -2.28. The first-order chi connectivity index (χ1) is 10.2. The average Bonchev–Trinajstić information content (AvgIpc) is 2.65. The fraction of sp³-hybridized carbons (Fsp3) is 1.00. The molecule has 0 saturated heterocycles. The Kier molecular flexibility index (Phi) is 10.4. The second-order valence-electron chi connectivity index (χ2n) is 7.67. The number of nitrogens with two attached hydrogens (primary N) is 1. The van der Waals surface area contributed by atoms with Crippen LogP contribution in [-0.2, 0) is 0 Å². The predicted molar refractivity (Wildman–Crippen MR) is 95.6 cm³/mol. The van der Waals surface area contributed by atoms with Crippen LogP contribution in [-0.4, -0.2) is 5.54 Å². The Balaban J connectivity index is 2.07. The van der Waals surface area contributed by atoms with E-state index in [1.807, 2.05) is 0 Å². The van der Waals surface area contributed by atoms with Gasteiger partial charge in [-0.1, -0.05) is 90.9 Å². The fourth-order valence-corrected chi connectivity index (χ4v) is 4.06. The Bertz CT molecular complexity index is 238. The molecule has 1 aliphatic rings. The molecule has 1 aliphatic carbocycles. The van der Waals surface area contributed by atoms with Gasteiger partial charge in [-0.25, -0.2) is 0 Å². The van der Waals surface area contributed by atoms with Gasteiger partial charge in [0.15, 0.2) is 0 Å². The minimum Gasteiger partial charge on any atom is -0.325 e. The first-order valence-corrected chi connectivity index (χ1v) is 9.99. The van der Waals surface area contributed by atoms with Crippen LogP contribution in [0.5, 0.6) is 0 Å². The fourth-order valence-electron chi connectivity index (χ4n) is 4.06. The van der Waals surface area contributed by atoms with Gasteiger partial charge in [-0.2, -0.15) is 0 Å². The topological polar surface area (TPSA) is 26.0 Å². The van der Waals surface area contributed by atoms with Crippen molar-refractivity contribution in [2.75, 3.05) is 0 Å². The van der Waals surface area contributed by atoms with E-state index >= 15 is 0 Å². The standard InChI is InChI=1S/C20H41N/c1-3-5-6-7-8-9-10-11-16-20(21)17-12-14-19(13-4-2)15-18-20/h19H,3-18,21H2,1-2H3. The van der Waals surface area contributed by atoms with Crippen molar-refractivity contribution in [3.05, 3.63) is 0 Å². The van der Waals surface area contributed by atoms with E-state index in [1.165, 1.54) is 103 Å². The summed E-state index contributed by atoms with van der Waals surface area (Å²) in [5.74, 6) is 0.971. The molecule has 1 nitrogen and oxygen atoms in total. The van der Waals surface area contributed by atoms with Crippen molar-refractivity contribution >= 4 is 0 Å². The summed E-state index contributed by atoms with van der Waals surface area (Å²) in [6, 6.07) is 0. The first kappa shape index (κ1) is 19.0. The molecule has 126 valence electrons. The molecule has 0 radical (unpaired) electrons. The summed E-state index contributed by atoms with van der Waals surface area (Å²) >= 11 is 0. The molecule has 0 spiro atoms. The smallest absolute Gasteiger partial charge is 0.0154 e. The number of hydrogen-bond donors (Lipinski definition) is 1. The van der Waals surface area contributed by atoms with Crippen LogP contribution < -0.4 is 5.73 Å². The molecule has 0 aromatic rings. The van der Waals surface area contributed by atoms with Gasteiger partial charge in [0.1, 0.15) is 0 Å². The minimum absolute atomic E-state index is 0.185. The first-order valence-electron chi connectivity index (χ1n) is 9.99. The summed E-state index contributed by atoms with van der Waals surface area (Å²) < 4.78 is 0. The van der Waals surface area contributed by atoms with Crippen molar-refractivity contribution in [1.29, 1.82) is 0 Å². The van der Waals surface area contributed by atoms with Gasteiger partial charge in [0.05, 0.1) is 0 Å². The van der Waals surface area contributed by atoms with Gasteiger partial charge in [0.25, 0.3) is 0 Å². The summed E-state index contributed by atoms with van der Waals surface area (Å²) in [6.45, 7) is 4.61. The summed E-state index contributed by atoms with van der Waals surface area (Å²) in [7, 11) is 0. The predicted octanol–water partition coefficient (Wildman–Crippen LogP) is 6.60. The van der Waals surface area contributed by atoms with Gasteiger partial charge in [0, 0.05) is 5.54 Å². The molecule has 0 amide bonds. The molecule has 1 saturated carbocycles. The third kappa shape index (κ3) is 8.86. The summed E-state index contributed by atoms with van der Waals surface area (Å²) in [4.78, 5) is 0. The highest BCUT2D eigenvalue weighted by Gasteiger charge is 2.28. The van der Waals surface area contributed by atoms with Crippen molar-refractivity contribution in [3.63, 3.8) is 0 Å². The zero-order valence-electron chi connectivity index (χ0n) is 15.0. The Hall–Kier alpha value is -0.0400. The van der Waals surface area contributed by atoms with Crippen molar-refractivity contribution in [1.82, 2.24) is 0 Å². The summed E-state index contributed by atoms with van der Waals surface area (Å²) in [5, 5.41) is 0. The third-order valence-electron chi connectivity index (χ3n) is 5.56. The van der Waals surface area contributed by atoms with Crippen LogP contribution in [0.4, 0.5) is 0 Å². The largest absolute Gasteiger partial charge is 0.325 e. The van der Waals surface area contributed by atoms with Crippen LogP contribution in [0.25, 0.3) is 0 Å². The number of hydrogen-bond acceptors (Lipinski definition) is 1. The monoisotopic (exact) mass is 295 g/mol.